The van der Waals surface area contributed by atoms with E-state index in [1.54, 1.807) is 19.4 Å². The minimum Gasteiger partial charge on any atom is -0.481 e. The van der Waals surface area contributed by atoms with Gasteiger partial charge in [-0.05, 0) is 19.1 Å². The van der Waals surface area contributed by atoms with Crippen LogP contribution in [0.3, 0.4) is 0 Å². The molecule has 4 nitrogen and oxygen atoms in total. The van der Waals surface area contributed by atoms with E-state index in [0.717, 1.165) is 11.3 Å². The standard InChI is InChI=1S/C12H11NO3/c1-8-9(6-12(14)15)10(7-16-8)11-4-2-3-5-13-11/h2-5,7H,6H2,1H3,(H,14,15). The van der Waals surface area contributed by atoms with Gasteiger partial charge in [0.1, 0.15) is 12.0 Å². The molecule has 1 N–H and O–H groups in total. The molecule has 0 spiro atoms. The summed E-state index contributed by atoms with van der Waals surface area (Å²) in [4.78, 5) is 14.9. The molecule has 2 rings (SSSR count). The number of hydrogen-bond donors (Lipinski definition) is 1. The van der Waals surface area contributed by atoms with E-state index in [9.17, 15) is 4.79 Å². The first-order valence-electron chi connectivity index (χ1n) is 4.88. The number of hydrogen-bond acceptors (Lipinski definition) is 3. The Morgan fingerprint density at radius 2 is 2.31 bits per heavy atom. The Bertz CT molecular complexity index is 502. The Morgan fingerprint density at radius 1 is 1.50 bits per heavy atom. The van der Waals surface area contributed by atoms with Crippen LogP contribution in [0.15, 0.2) is 35.1 Å². The van der Waals surface area contributed by atoms with Crippen LogP contribution in [0.2, 0.25) is 0 Å². The average Bonchev–Trinajstić information content (AvgIpc) is 2.61. The van der Waals surface area contributed by atoms with Crippen LogP contribution in [0.25, 0.3) is 11.3 Å². The first kappa shape index (κ1) is 10.4. The lowest BCUT2D eigenvalue weighted by atomic mass is 10.1. The summed E-state index contributed by atoms with van der Waals surface area (Å²) in [6.45, 7) is 1.75. The molecule has 4 heteroatoms. The van der Waals surface area contributed by atoms with Crippen LogP contribution in [-0.4, -0.2) is 16.1 Å². The van der Waals surface area contributed by atoms with Crippen molar-refractivity contribution in [3.05, 3.63) is 42.0 Å². The molecule has 2 aromatic heterocycles. The van der Waals surface area contributed by atoms with E-state index in [2.05, 4.69) is 4.98 Å². The number of carboxylic acids is 1. The second-order valence-electron chi connectivity index (χ2n) is 3.47. The number of aliphatic carboxylic acids is 1. The smallest absolute Gasteiger partial charge is 0.307 e. The molecule has 0 amide bonds. The second-order valence-corrected chi connectivity index (χ2v) is 3.47. The highest BCUT2D eigenvalue weighted by atomic mass is 16.4. The van der Waals surface area contributed by atoms with Crippen molar-refractivity contribution in [1.82, 2.24) is 4.98 Å². The summed E-state index contributed by atoms with van der Waals surface area (Å²) in [5.74, 6) is -0.246. The topological polar surface area (TPSA) is 63.3 Å². The quantitative estimate of drug-likeness (QED) is 0.856. The zero-order valence-corrected chi connectivity index (χ0v) is 8.80. The normalized spacial score (nSPS) is 10.3. The highest BCUT2D eigenvalue weighted by Crippen LogP contribution is 2.26. The highest BCUT2D eigenvalue weighted by molar-refractivity contribution is 5.75. The summed E-state index contributed by atoms with van der Waals surface area (Å²) in [6, 6.07) is 5.50. The molecule has 2 aromatic rings. The molecule has 0 saturated heterocycles. The summed E-state index contributed by atoms with van der Waals surface area (Å²) < 4.78 is 5.25. The minimum atomic E-state index is -0.873. The maximum absolute atomic E-state index is 10.7. The molecule has 0 aromatic carbocycles. The van der Waals surface area contributed by atoms with Gasteiger partial charge in [0.2, 0.25) is 0 Å². The number of carbonyl (C=O) groups is 1. The molecule has 0 aliphatic carbocycles. The summed E-state index contributed by atoms with van der Waals surface area (Å²) in [7, 11) is 0. The molecule has 0 unspecified atom stereocenters. The van der Waals surface area contributed by atoms with E-state index >= 15 is 0 Å². The first-order chi connectivity index (χ1) is 7.68. The minimum absolute atomic E-state index is 0.0474. The summed E-state index contributed by atoms with van der Waals surface area (Å²) in [6.07, 6.45) is 3.17. The largest absolute Gasteiger partial charge is 0.481 e. The summed E-state index contributed by atoms with van der Waals surface area (Å²) in [5, 5.41) is 8.82. The van der Waals surface area contributed by atoms with E-state index in [-0.39, 0.29) is 6.42 Å². The van der Waals surface area contributed by atoms with E-state index in [1.807, 2.05) is 18.2 Å². The average molecular weight is 217 g/mol. The number of furan rings is 1. The lowest BCUT2D eigenvalue weighted by Crippen LogP contribution is -2.01. The molecule has 0 bridgehead atoms. The predicted octanol–water partition coefficient (Wildman–Crippen LogP) is 2.28. The monoisotopic (exact) mass is 217 g/mol. The van der Waals surface area contributed by atoms with Crippen LogP contribution in [0.4, 0.5) is 0 Å². The van der Waals surface area contributed by atoms with Crippen molar-refractivity contribution in [2.75, 3.05) is 0 Å². The third kappa shape index (κ3) is 1.95. The number of aromatic nitrogens is 1. The Kier molecular flexibility index (Phi) is 2.72. The molecule has 0 fully saturated rings. The van der Waals surface area contributed by atoms with Crippen molar-refractivity contribution in [3.63, 3.8) is 0 Å². The molecule has 16 heavy (non-hydrogen) atoms. The van der Waals surface area contributed by atoms with Gasteiger partial charge in [0.05, 0.1) is 12.1 Å². The van der Waals surface area contributed by atoms with Crippen LogP contribution in [0.1, 0.15) is 11.3 Å². The van der Waals surface area contributed by atoms with Crippen molar-refractivity contribution in [2.45, 2.75) is 13.3 Å². The third-order valence-corrected chi connectivity index (χ3v) is 2.37. The molecule has 0 atom stereocenters. The number of rotatable bonds is 3. The van der Waals surface area contributed by atoms with Crippen LogP contribution in [0.5, 0.6) is 0 Å². The van der Waals surface area contributed by atoms with Gasteiger partial charge in [0, 0.05) is 17.3 Å². The fraction of sp³-hybridized carbons (Fsp3) is 0.167. The van der Waals surface area contributed by atoms with Gasteiger partial charge in [0.15, 0.2) is 0 Å². The Hall–Kier alpha value is -2.10. The zero-order chi connectivity index (χ0) is 11.5. The molecule has 0 aliphatic heterocycles. The van der Waals surface area contributed by atoms with Gasteiger partial charge < -0.3 is 9.52 Å². The molecular formula is C12H11NO3. The van der Waals surface area contributed by atoms with Gasteiger partial charge in [-0.25, -0.2) is 0 Å². The van der Waals surface area contributed by atoms with Gasteiger partial charge in [-0.2, -0.15) is 0 Å². The fourth-order valence-electron chi connectivity index (χ4n) is 1.59. The predicted molar refractivity (Wildman–Crippen MR) is 58.0 cm³/mol. The van der Waals surface area contributed by atoms with Crippen LogP contribution < -0.4 is 0 Å². The molecule has 0 aliphatic rings. The maximum atomic E-state index is 10.7. The van der Waals surface area contributed by atoms with E-state index in [1.165, 1.54) is 0 Å². The molecule has 0 radical (unpaired) electrons. The number of pyridine rings is 1. The third-order valence-electron chi connectivity index (χ3n) is 2.37. The molecule has 0 saturated carbocycles. The lowest BCUT2D eigenvalue weighted by Gasteiger charge is -2.00. The highest BCUT2D eigenvalue weighted by Gasteiger charge is 2.15. The van der Waals surface area contributed by atoms with Gasteiger partial charge in [-0.1, -0.05) is 6.07 Å². The maximum Gasteiger partial charge on any atom is 0.307 e. The van der Waals surface area contributed by atoms with Gasteiger partial charge in [-0.3, -0.25) is 9.78 Å². The number of carboxylic acid groups (broad SMARTS) is 1. The van der Waals surface area contributed by atoms with Gasteiger partial charge in [-0.15, -0.1) is 0 Å². The van der Waals surface area contributed by atoms with E-state index in [0.29, 0.717) is 11.3 Å². The fourth-order valence-corrected chi connectivity index (χ4v) is 1.59. The Balaban J connectivity index is 2.46. The molecule has 82 valence electrons. The summed E-state index contributed by atoms with van der Waals surface area (Å²) >= 11 is 0. The summed E-state index contributed by atoms with van der Waals surface area (Å²) in [5.41, 5.74) is 2.17. The Labute approximate surface area is 92.6 Å². The van der Waals surface area contributed by atoms with E-state index < -0.39 is 5.97 Å². The van der Waals surface area contributed by atoms with Crippen molar-refractivity contribution in [1.29, 1.82) is 0 Å². The SMILES string of the molecule is Cc1occ(-c2ccccn2)c1CC(=O)O. The van der Waals surface area contributed by atoms with E-state index in [4.69, 9.17) is 9.52 Å². The van der Waals surface area contributed by atoms with Gasteiger partial charge in [0.25, 0.3) is 0 Å². The van der Waals surface area contributed by atoms with Crippen molar-refractivity contribution in [3.8, 4) is 11.3 Å². The van der Waals surface area contributed by atoms with Gasteiger partial charge >= 0.3 is 5.97 Å². The second kappa shape index (κ2) is 4.18. The van der Waals surface area contributed by atoms with Crippen LogP contribution >= 0.6 is 0 Å². The van der Waals surface area contributed by atoms with Crippen molar-refractivity contribution >= 4 is 5.97 Å². The van der Waals surface area contributed by atoms with Crippen LogP contribution in [-0.2, 0) is 11.2 Å². The number of aryl methyl sites for hydroxylation is 1. The molecular weight excluding hydrogens is 206 g/mol. The van der Waals surface area contributed by atoms with Crippen LogP contribution in [0, 0.1) is 6.92 Å². The van der Waals surface area contributed by atoms with Crippen molar-refractivity contribution < 1.29 is 14.3 Å². The lowest BCUT2D eigenvalue weighted by molar-refractivity contribution is -0.136. The number of nitrogens with zero attached hydrogens (tertiary/aromatic N) is 1. The Morgan fingerprint density at radius 3 is 2.94 bits per heavy atom. The zero-order valence-electron chi connectivity index (χ0n) is 8.80. The van der Waals surface area contributed by atoms with Crippen molar-refractivity contribution in [2.24, 2.45) is 0 Å². The molecule has 2 heterocycles. The first-order valence-corrected chi connectivity index (χ1v) is 4.88.